The Balaban J connectivity index is 1.33. The average Bonchev–Trinajstić information content (AvgIpc) is 3.57. The fourth-order valence-electron chi connectivity index (χ4n) is 5.24. The second-order valence-electron chi connectivity index (χ2n) is 11.2. The van der Waals surface area contributed by atoms with E-state index in [1.165, 1.54) is 19.2 Å². The van der Waals surface area contributed by atoms with Crippen molar-refractivity contribution in [1.82, 2.24) is 24.8 Å². The number of alkyl halides is 3. The Labute approximate surface area is 209 Å². The second-order valence-corrected chi connectivity index (χ2v) is 11.2. The molecule has 1 aliphatic carbocycles. The first-order valence-electron chi connectivity index (χ1n) is 12.8. The SMILES string of the molecule is CC(C)(C)NCCn1cc(C2CC2)nc1C1CCN(c2ncnc3c2[C@H](C(F)(F)F)CC(=O)N3)CC1. The molecule has 2 N–H and O–H groups in total. The van der Waals surface area contributed by atoms with Gasteiger partial charge in [-0.15, -0.1) is 0 Å². The summed E-state index contributed by atoms with van der Waals surface area (Å²) in [6.07, 6.45) is 2.16. The molecule has 36 heavy (non-hydrogen) atoms. The van der Waals surface area contributed by atoms with E-state index < -0.39 is 24.4 Å². The lowest BCUT2D eigenvalue weighted by Gasteiger charge is -2.36. The maximum Gasteiger partial charge on any atom is 0.396 e. The molecule has 4 heterocycles. The van der Waals surface area contributed by atoms with Crippen LogP contribution in [-0.4, -0.2) is 56.8 Å². The van der Waals surface area contributed by atoms with E-state index in [1.807, 2.05) is 4.90 Å². The third-order valence-corrected chi connectivity index (χ3v) is 7.24. The van der Waals surface area contributed by atoms with E-state index in [0.717, 1.165) is 37.4 Å². The van der Waals surface area contributed by atoms with E-state index in [4.69, 9.17) is 4.98 Å². The monoisotopic (exact) mass is 505 g/mol. The first kappa shape index (κ1) is 25.0. The Morgan fingerprint density at radius 1 is 1.08 bits per heavy atom. The summed E-state index contributed by atoms with van der Waals surface area (Å²) >= 11 is 0. The van der Waals surface area contributed by atoms with E-state index in [0.29, 0.717) is 19.0 Å². The van der Waals surface area contributed by atoms with Gasteiger partial charge in [-0.1, -0.05) is 0 Å². The second kappa shape index (κ2) is 9.32. The normalized spacial score (nSPS) is 21.4. The molecule has 1 saturated carbocycles. The highest BCUT2D eigenvalue weighted by Crippen LogP contribution is 2.47. The van der Waals surface area contributed by atoms with Crippen molar-refractivity contribution >= 4 is 17.5 Å². The summed E-state index contributed by atoms with van der Waals surface area (Å²) in [6, 6.07) is 0. The van der Waals surface area contributed by atoms with Crippen molar-refractivity contribution in [3.05, 3.63) is 29.6 Å². The molecule has 1 saturated heterocycles. The molecule has 0 unspecified atom stereocenters. The molecule has 2 aromatic heterocycles. The van der Waals surface area contributed by atoms with Gasteiger partial charge in [0.25, 0.3) is 0 Å². The number of piperidine rings is 1. The third-order valence-electron chi connectivity index (χ3n) is 7.24. The van der Waals surface area contributed by atoms with Gasteiger partial charge in [-0.25, -0.2) is 15.0 Å². The molecule has 2 fully saturated rings. The van der Waals surface area contributed by atoms with Crippen molar-refractivity contribution in [3.63, 3.8) is 0 Å². The number of fused-ring (bicyclic) bond motifs is 1. The lowest BCUT2D eigenvalue weighted by Crippen LogP contribution is -2.39. The molecule has 3 aliphatic rings. The van der Waals surface area contributed by atoms with Crippen LogP contribution in [0.2, 0.25) is 0 Å². The molecule has 2 aliphatic heterocycles. The van der Waals surface area contributed by atoms with Crippen LogP contribution in [0.25, 0.3) is 0 Å². The van der Waals surface area contributed by atoms with Gasteiger partial charge >= 0.3 is 6.18 Å². The number of nitrogens with one attached hydrogen (secondary N) is 2. The lowest BCUT2D eigenvalue weighted by atomic mass is 9.90. The van der Waals surface area contributed by atoms with Crippen molar-refractivity contribution in [2.45, 2.75) is 88.9 Å². The van der Waals surface area contributed by atoms with Crippen LogP contribution in [0.4, 0.5) is 24.8 Å². The summed E-state index contributed by atoms with van der Waals surface area (Å²) in [4.78, 5) is 27.0. The van der Waals surface area contributed by atoms with E-state index in [2.05, 4.69) is 52.1 Å². The van der Waals surface area contributed by atoms with Crippen molar-refractivity contribution in [2.75, 3.05) is 29.9 Å². The highest BCUT2D eigenvalue weighted by Gasteiger charge is 2.48. The van der Waals surface area contributed by atoms with Crippen molar-refractivity contribution in [2.24, 2.45) is 0 Å². The molecule has 1 amide bonds. The summed E-state index contributed by atoms with van der Waals surface area (Å²) in [5, 5.41) is 6.04. The van der Waals surface area contributed by atoms with E-state index in [-0.39, 0.29) is 28.7 Å². The zero-order chi connectivity index (χ0) is 25.7. The molecule has 8 nitrogen and oxygen atoms in total. The number of amides is 1. The fourth-order valence-corrected chi connectivity index (χ4v) is 5.24. The lowest BCUT2D eigenvalue weighted by molar-refractivity contribution is -0.156. The minimum Gasteiger partial charge on any atom is -0.356 e. The van der Waals surface area contributed by atoms with Gasteiger partial charge in [-0.3, -0.25) is 4.79 Å². The molecule has 0 aromatic carbocycles. The zero-order valence-electron chi connectivity index (χ0n) is 21.0. The quantitative estimate of drug-likeness (QED) is 0.608. The Bertz CT molecular complexity index is 1110. The zero-order valence-corrected chi connectivity index (χ0v) is 21.0. The molecule has 5 rings (SSSR count). The molecular formula is C25H34F3N7O. The van der Waals surface area contributed by atoms with Gasteiger partial charge in [0.05, 0.1) is 17.2 Å². The smallest absolute Gasteiger partial charge is 0.356 e. The summed E-state index contributed by atoms with van der Waals surface area (Å²) in [5.74, 6) is -0.453. The predicted molar refractivity (Wildman–Crippen MR) is 130 cm³/mol. The fraction of sp³-hybridized carbons (Fsp3) is 0.680. The van der Waals surface area contributed by atoms with Gasteiger partial charge in [0, 0.05) is 56.2 Å². The summed E-state index contributed by atoms with van der Waals surface area (Å²) < 4.78 is 43.8. The number of halogens is 3. The number of carbonyl (C=O) groups is 1. The number of hydrogen-bond donors (Lipinski definition) is 2. The van der Waals surface area contributed by atoms with E-state index in [9.17, 15) is 18.0 Å². The molecule has 0 bridgehead atoms. The number of carbonyl (C=O) groups excluding carboxylic acids is 1. The predicted octanol–water partition coefficient (Wildman–Crippen LogP) is 4.31. The maximum atomic E-state index is 13.8. The largest absolute Gasteiger partial charge is 0.396 e. The van der Waals surface area contributed by atoms with Crippen molar-refractivity contribution in [1.29, 1.82) is 0 Å². The highest BCUT2D eigenvalue weighted by molar-refractivity contribution is 5.94. The number of nitrogens with zero attached hydrogens (tertiary/aromatic N) is 5. The van der Waals surface area contributed by atoms with Crippen LogP contribution in [0.1, 0.15) is 87.7 Å². The first-order valence-corrected chi connectivity index (χ1v) is 12.8. The Kier molecular flexibility index (Phi) is 6.46. The number of aromatic nitrogens is 4. The van der Waals surface area contributed by atoms with Crippen molar-refractivity contribution in [3.8, 4) is 0 Å². The van der Waals surface area contributed by atoms with Crippen LogP contribution in [0.5, 0.6) is 0 Å². The van der Waals surface area contributed by atoms with Crippen LogP contribution in [0.15, 0.2) is 12.5 Å². The Morgan fingerprint density at radius 3 is 2.44 bits per heavy atom. The molecule has 1 atom stereocenters. The third kappa shape index (κ3) is 5.35. The Morgan fingerprint density at radius 2 is 1.81 bits per heavy atom. The van der Waals surface area contributed by atoms with Crippen LogP contribution in [0.3, 0.4) is 0 Å². The highest BCUT2D eigenvalue weighted by atomic mass is 19.4. The maximum absolute atomic E-state index is 13.8. The average molecular weight is 506 g/mol. The number of hydrogen-bond acceptors (Lipinski definition) is 6. The topological polar surface area (TPSA) is 88.0 Å². The van der Waals surface area contributed by atoms with E-state index in [1.54, 1.807) is 0 Å². The van der Waals surface area contributed by atoms with Crippen LogP contribution < -0.4 is 15.5 Å². The summed E-state index contributed by atoms with van der Waals surface area (Å²) in [6.45, 7) is 9.25. The molecule has 0 radical (unpaired) electrons. The first-order chi connectivity index (χ1) is 17.0. The molecule has 0 spiro atoms. The molecular weight excluding hydrogens is 471 g/mol. The van der Waals surface area contributed by atoms with Gasteiger partial charge in [0.1, 0.15) is 23.8 Å². The van der Waals surface area contributed by atoms with Gasteiger partial charge in [0.2, 0.25) is 5.91 Å². The van der Waals surface area contributed by atoms with Gasteiger partial charge in [-0.05, 0) is 46.5 Å². The van der Waals surface area contributed by atoms with Crippen molar-refractivity contribution < 1.29 is 18.0 Å². The summed E-state index contributed by atoms with van der Waals surface area (Å²) in [5.41, 5.74) is 1.18. The standard InChI is InChI=1S/C25H34F3N7O/c1-24(2,3)31-8-11-35-13-18(15-4-5-15)32-22(35)16-6-9-34(10-7-16)23-20-17(25(26,27)28)12-19(36)33-21(20)29-14-30-23/h13-17,31H,4-12H2,1-3H3,(H,29,30,33,36)/t17-/m1/s1. The molecule has 11 heteroatoms. The minimum atomic E-state index is -4.55. The van der Waals surface area contributed by atoms with Gasteiger partial charge < -0.3 is 20.1 Å². The van der Waals surface area contributed by atoms with Gasteiger partial charge in [0.15, 0.2) is 0 Å². The number of rotatable bonds is 6. The van der Waals surface area contributed by atoms with Crippen LogP contribution >= 0.6 is 0 Å². The number of anilines is 2. The number of imidazole rings is 1. The van der Waals surface area contributed by atoms with Crippen LogP contribution in [-0.2, 0) is 11.3 Å². The van der Waals surface area contributed by atoms with E-state index >= 15 is 0 Å². The molecule has 2 aromatic rings. The van der Waals surface area contributed by atoms with Gasteiger partial charge in [-0.2, -0.15) is 13.2 Å². The minimum absolute atomic E-state index is 0.0196. The Hall–Kier alpha value is -2.69. The van der Waals surface area contributed by atoms with Crippen LogP contribution in [0, 0.1) is 0 Å². The summed E-state index contributed by atoms with van der Waals surface area (Å²) in [7, 11) is 0. The molecule has 196 valence electrons.